The van der Waals surface area contributed by atoms with Crippen LogP contribution >= 0.6 is 34.8 Å². The zero-order chi connectivity index (χ0) is 24.7. The lowest BCUT2D eigenvalue weighted by molar-refractivity contribution is -0.140. The number of nitrogens with zero attached hydrogens (tertiary/aromatic N) is 1. The molecule has 0 unspecified atom stereocenters. The highest BCUT2D eigenvalue weighted by Crippen LogP contribution is 2.27. The van der Waals surface area contributed by atoms with Gasteiger partial charge in [0.25, 0.3) is 0 Å². The van der Waals surface area contributed by atoms with E-state index in [1.807, 2.05) is 18.2 Å². The molecule has 184 valence electrons. The Kier molecular flexibility index (Phi) is 9.83. The number of methoxy groups -OCH3 is 1. The molecule has 2 atom stereocenters. The van der Waals surface area contributed by atoms with Gasteiger partial charge < -0.3 is 4.74 Å². The van der Waals surface area contributed by atoms with Crippen molar-refractivity contribution in [2.45, 2.75) is 49.2 Å². The van der Waals surface area contributed by atoms with E-state index in [1.165, 1.54) is 19.2 Å². The van der Waals surface area contributed by atoms with Gasteiger partial charge >= 0.3 is 5.97 Å². The monoisotopic (exact) mass is 544 g/mol. The fraction of sp³-hybridized carbons (Fsp3) is 0.375. The van der Waals surface area contributed by atoms with Crippen LogP contribution in [0.4, 0.5) is 0 Å². The number of carbonyl (C=O) groups excluding carboxylic acids is 1. The molecule has 0 aromatic heterocycles. The lowest BCUT2D eigenvalue weighted by Crippen LogP contribution is -2.37. The number of allylic oxidation sites excluding steroid dienone is 1. The van der Waals surface area contributed by atoms with Crippen molar-refractivity contribution in [1.29, 1.82) is 0 Å². The lowest BCUT2D eigenvalue weighted by atomic mass is 10.1. The Morgan fingerprint density at radius 2 is 1.88 bits per heavy atom. The van der Waals surface area contributed by atoms with E-state index in [4.69, 9.17) is 34.8 Å². The number of likely N-dealkylation sites (tertiary alicyclic amines) is 1. The maximum Gasteiger partial charge on any atom is 0.305 e. The van der Waals surface area contributed by atoms with Gasteiger partial charge in [-0.25, -0.2) is 13.1 Å². The molecule has 1 saturated heterocycles. The van der Waals surface area contributed by atoms with Gasteiger partial charge in [0.05, 0.1) is 22.1 Å². The van der Waals surface area contributed by atoms with Crippen LogP contribution in [-0.4, -0.2) is 45.0 Å². The quantitative estimate of drug-likeness (QED) is 0.243. The molecular formula is C24H27Cl3N2O4S. The first-order chi connectivity index (χ1) is 16.2. The van der Waals surface area contributed by atoms with E-state index in [1.54, 1.807) is 18.2 Å². The molecule has 1 fully saturated rings. The Morgan fingerprint density at radius 3 is 2.56 bits per heavy atom. The van der Waals surface area contributed by atoms with Crippen molar-refractivity contribution in [3.05, 3.63) is 75.2 Å². The van der Waals surface area contributed by atoms with Crippen molar-refractivity contribution in [2.24, 2.45) is 0 Å². The summed E-state index contributed by atoms with van der Waals surface area (Å²) in [6.45, 7) is 1.12. The second-order valence-corrected chi connectivity index (χ2v) is 11.1. The van der Waals surface area contributed by atoms with Gasteiger partial charge in [-0.15, -0.1) is 0 Å². The SMILES string of the molecule is COC(=O)CCCC=C[C@@H]1C[C@@H](NS(=O)(=O)c2ccc(Cl)cc2)CN1Cc1ccc(Cl)c(Cl)c1. The summed E-state index contributed by atoms with van der Waals surface area (Å²) >= 11 is 18.1. The van der Waals surface area contributed by atoms with Crippen molar-refractivity contribution in [1.82, 2.24) is 9.62 Å². The number of carbonyl (C=O) groups is 1. The van der Waals surface area contributed by atoms with E-state index in [2.05, 4.69) is 20.4 Å². The molecule has 10 heteroatoms. The minimum absolute atomic E-state index is 0.0190. The molecule has 0 saturated carbocycles. The number of benzene rings is 2. The summed E-state index contributed by atoms with van der Waals surface area (Å²) in [6.07, 6.45) is 6.50. The minimum Gasteiger partial charge on any atom is -0.469 e. The highest BCUT2D eigenvalue weighted by Gasteiger charge is 2.33. The van der Waals surface area contributed by atoms with Crippen molar-refractivity contribution in [3.8, 4) is 0 Å². The predicted molar refractivity (Wildman–Crippen MR) is 136 cm³/mol. The number of unbranched alkanes of at least 4 members (excludes halogenated alkanes) is 1. The van der Waals surface area contributed by atoms with Crippen LogP contribution in [0.25, 0.3) is 0 Å². The summed E-state index contributed by atoms with van der Waals surface area (Å²) in [5, 5.41) is 1.45. The van der Waals surface area contributed by atoms with Gasteiger partial charge in [-0.1, -0.05) is 53.0 Å². The summed E-state index contributed by atoms with van der Waals surface area (Å²) in [7, 11) is -2.31. The summed E-state index contributed by atoms with van der Waals surface area (Å²) in [5.74, 6) is -0.229. The fourth-order valence-electron chi connectivity index (χ4n) is 3.89. The van der Waals surface area contributed by atoms with E-state index in [-0.39, 0.29) is 22.9 Å². The van der Waals surface area contributed by atoms with Crippen molar-refractivity contribution in [3.63, 3.8) is 0 Å². The molecule has 6 nitrogen and oxygen atoms in total. The summed E-state index contributed by atoms with van der Waals surface area (Å²) < 4.78 is 33.3. The molecule has 1 N–H and O–H groups in total. The number of esters is 1. The molecule has 0 spiro atoms. The molecule has 1 heterocycles. The Balaban J connectivity index is 1.70. The Hall–Kier alpha value is -1.61. The average molecular weight is 546 g/mol. The van der Waals surface area contributed by atoms with Gasteiger partial charge in [0.15, 0.2) is 0 Å². The van der Waals surface area contributed by atoms with E-state index in [0.717, 1.165) is 12.0 Å². The van der Waals surface area contributed by atoms with Crippen LogP contribution in [0.3, 0.4) is 0 Å². The largest absolute Gasteiger partial charge is 0.469 e. The normalized spacial score (nSPS) is 19.1. The van der Waals surface area contributed by atoms with Crippen LogP contribution in [0.5, 0.6) is 0 Å². The van der Waals surface area contributed by atoms with E-state index in [9.17, 15) is 13.2 Å². The number of nitrogens with one attached hydrogen (secondary N) is 1. The van der Waals surface area contributed by atoms with E-state index >= 15 is 0 Å². The van der Waals surface area contributed by atoms with Crippen LogP contribution in [0.2, 0.25) is 15.1 Å². The highest BCUT2D eigenvalue weighted by atomic mass is 35.5. The zero-order valence-corrected chi connectivity index (χ0v) is 21.8. The molecule has 3 rings (SSSR count). The van der Waals surface area contributed by atoms with Crippen molar-refractivity contribution < 1.29 is 17.9 Å². The summed E-state index contributed by atoms with van der Waals surface area (Å²) in [6, 6.07) is 11.3. The number of rotatable bonds is 10. The molecule has 1 aliphatic rings. The number of halogens is 3. The number of hydrogen-bond acceptors (Lipinski definition) is 5. The van der Waals surface area contributed by atoms with E-state index in [0.29, 0.717) is 47.4 Å². The summed E-state index contributed by atoms with van der Waals surface area (Å²) in [5.41, 5.74) is 0.986. The van der Waals surface area contributed by atoms with Crippen molar-refractivity contribution >= 4 is 50.8 Å². The van der Waals surface area contributed by atoms with Gasteiger partial charge in [0.1, 0.15) is 0 Å². The first kappa shape index (κ1) is 27.0. The zero-order valence-electron chi connectivity index (χ0n) is 18.7. The molecule has 0 bridgehead atoms. The predicted octanol–water partition coefficient (Wildman–Crippen LogP) is 5.47. The second kappa shape index (κ2) is 12.4. The smallest absolute Gasteiger partial charge is 0.305 e. The molecular weight excluding hydrogens is 519 g/mol. The molecule has 0 amide bonds. The standard InChI is InChI=1S/C24H27Cl3N2O4S/c1-33-24(30)6-4-2-3-5-20-14-19(28-34(31,32)21-10-8-18(25)9-11-21)16-29(20)15-17-7-12-22(26)23(27)13-17/h3,5,7-13,19-20,28H,2,4,6,14-16H2,1H3/t19-,20-/m1/s1. The van der Waals surface area contributed by atoms with Crippen LogP contribution in [0.15, 0.2) is 59.5 Å². The van der Waals surface area contributed by atoms with Gasteiger partial charge in [0, 0.05) is 36.6 Å². The maximum atomic E-state index is 12.9. The molecule has 0 radical (unpaired) electrons. The third-order valence-corrected chi connectivity index (χ3v) is 8.13. The fourth-order valence-corrected chi connectivity index (χ4v) is 5.58. The van der Waals surface area contributed by atoms with Gasteiger partial charge in [-0.2, -0.15) is 0 Å². The summed E-state index contributed by atoms with van der Waals surface area (Å²) in [4.78, 5) is 13.7. The van der Waals surface area contributed by atoms with Crippen molar-refractivity contribution in [2.75, 3.05) is 13.7 Å². The van der Waals surface area contributed by atoms with Gasteiger partial charge in [0.2, 0.25) is 10.0 Å². The minimum atomic E-state index is -3.68. The molecule has 0 aliphatic carbocycles. The van der Waals surface area contributed by atoms with Gasteiger partial charge in [-0.3, -0.25) is 9.69 Å². The van der Waals surface area contributed by atoms with E-state index < -0.39 is 10.0 Å². The molecule has 1 aliphatic heterocycles. The number of sulfonamides is 1. The Bertz CT molecular complexity index is 1120. The number of ether oxygens (including phenoxy) is 1. The Labute approximate surface area is 215 Å². The van der Waals surface area contributed by atoms with Crippen LogP contribution in [-0.2, 0) is 26.1 Å². The Morgan fingerprint density at radius 1 is 1.15 bits per heavy atom. The topological polar surface area (TPSA) is 75.7 Å². The molecule has 2 aromatic carbocycles. The lowest BCUT2D eigenvalue weighted by Gasteiger charge is -2.22. The third kappa shape index (κ3) is 7.70. The van der Waals surface area contributed by atoms with Gasteiger partial charge in [-0.05, 0) is 61.2 Å². The van der Waals surface area contributed by atoms with Crippen LogP contribution in [0, 0.1) is 0 Å². The third-order valence-electron chi connectivity index (χ3n) is 5.60. The second-order valence-electron chi connectivity index (χ2n) is 8.15. The average Bonchev–Trinajstić information content (AvgIpc) is 3.16. The van der Waals surface area contributed by atoms with Crippen LogP contribution < -0.4 is 4.72 Å². The highest BCUT2D eigenvalue weighted by molar-refractivity contribution is 7.89. The first-order valence-electron chi connectivity index (χ1n) is 10.9. The maximum absolute atomic E-state index is 12.9. The molecule has 34 heavy (non-hydrogen) atoms. The first-order valence-corrected chi connectivity index (χ1v) is 13.5. The van der Waals surface area contributed by atoms with Crippen LogP contribution in [0.1, 0.15) is 31.2 Å². The molecule has 2 aromatic rings. The number of hydrogen-bond donors (Lipinski definition) is 1.